The number of nitrogens with two attached hydrogens (primary N) is 1. The first-order valence-electron chi connectivity index (χ1n) is 5.99. The number of anilines is 1. The maximum Gasteiger partial charge on any atom is 0.270 e. The lowest BCUT2D eigenvalue weighted by molar-refractivity contribution is -0.116. The fourth-order valence-electron chi connectivity index (χ4n) is 1.67. The molecule has 1 aromatic carbocycles. The summed E-state index contributed by atoms with van der Waals surface area (Å²) in [5, 5.41) is 13.7. The third-order valence-electron chi connectivity index (χ3n) is 2.67. The Hall–Kier alpha value is -2.28. The zero-order valence-corrected chi connectivity index (χ0v) is 10.7. The number of carbonyl (C=O) groups is 1. The molecule has 1 atom stereocenters. The van der Waals surface area contributed by atoms with Crippen LogP contribution in [0.5, 0.6) is 0 Å². The molecule has 2 rings (SSSR count). The number of benzene rings is 1. The highest BCUT2D eigenvalue weighted by atomic mass is 16.1. The Morgan fingerprint density at radius 1 is 1.42 bits per heavy atom. The first-order valence-corrected chi connectivity index (χ1v) is 5.99. The lowest BCUT2D eigenvalue weighted by Gasteiger charge is -2.10. The van der Waals surface area contributed by atoms with Crippen LogP contribution in [0.25, 0.3) is 0 Å². The van der Waals surface area contributed by atoms with Crippen molar-refractivity contribution >= 4 is 11.9 Å². The van der Waals surface area contributed by atoms with Gasteiger partial charge in [0.15, 0.2) is 0 Å². The molecule has 0 aliphatic carbocycles. The fraction of sp³-hybridized carbons (Fsp3) is 0.333. The van der Waals surface area contributed by atoms with Crippen molar-refractivity contribution in [1.29, 1.82) is 0 Å². The van der Waals surface area contributed by atoms with Crippen LogP contribution < -0.4 is 11.1 Å². The topological polar surface area (TPSA) is 98.7 Å². The van der Waals surface area contributed by atoms with Crippen LogP contribution in [0.2, 0.25) is 0 Å². The molecular formula is C12H16N6O. The maximum absolute atomic E-state index is 11.7. The van der Waals surface area contributed by atoms with Gasteiger partial charge in [-0.05, 0) is 17.2 Å². The second kappa shape index (κ2) is 6.05. The van der Waals surface area contributed by atoms with Crippen LogP contribution in [0.4, 0.5) is 5.95 Å². The van der Waals surface area contributed by atoms with E-state index in [0.29, 0.717) is 12.8 Å². The molecule has 0 saturated carbocycles. The molecule has 0 fully saturated rings. The van der Waals surface area contributed by atoms with Gasteiger partial charge >= 0.3 is 0 Å². The minimum Gasteiger partial charge on any atom is -0.324 e. The monoisotopic (exact) mass is 260 g/mol. The highest BCUT2D eigenvalue weighted by Crippen LogP contribution is 2.15. The molecule has 19 heavy (non-hydrogen) atoms. The number of rotatable bonds is 5. The molecule has 2 aromatic rings. The Morgan fingerprint density at radius 3 is 2.79 bits per heavy atom. The minimum absolute atomic E-state index is 0.151. The summed E-state index contributed by atoms with van der Waals surface area (Å²) in [5.41, 5.74) is 7.03. The summed E-state index contributed by atoms with van der Waals surface area (Å²) in [6.07, 6.45) is 0.879. The molecule has 1 aromatic heterocycles. The van der Waals surface area contributed by atoms with Crippen LogP contribution in [0.3, 0.4) is 0 Å². The first-order chi connectivity index (χ1) is 9.15. The molecule has 1 amide bonds. The number of nitrogens with one attached hydrogen (secondary N) is 1. The van der Waals surface area contributed by atoms with Crippen LogP contribution in [-0.4, -0.2) is 26.1 Å². The van der Waals surface area contributed by atoms with Gasteiger partial charge in [0.2, 0.25) is 5.91 Å². The summed E-state index contributed by atoms with van der Waals surface area (Å²) in [5.74, 6) is 0.0418. The normalized spacial score (nSPS) is 12.1. The molecule has 100 valence electrons. The first kappa shape index (κ1) is 13.2. The van der Waals surface area contributed by atoms with Gasteiger partial charge in [0.25, 0.3) is 5.95 Å². The van der Waals surface area contributed by atoms with E-state index in [2.05, 4.69) is 20.7 Å². The van der Waals surface area contributed by atoms with Crippen molar-refractivity contribution < 1.29 is 4.79 Å². The van der Waals surface area contributed by atoms with Gasteiger partial charge in [0, 0.05) is 12.5 Å². The van der Waals surface area contributed by atoms with Gasteiger partial charge < -0.3 is 5.73 Å². The zero-order valence-electron chi connectivity index (χ0n) is 10.7. The number of tetrazole rings is 1. The van der Waals surface area contributed by atoms with E-state index >= 15 is 0 Å². The maximum atomic E-state index is 11.7. The smallest absolute Gasteiger partial charge is 0.270 e. The van der Waals surface area contributed by atoms with E-state index in [1.165, 1.54) is 4.80 Å². The van der Waals surface area contributed by atoms with Crippen LogP contribution in [-0.2, 0) is 11.8 Å². The number of hydrogen-bond donors (Lipinski definition) is 2. The van der Waals surface area contributed by atoms with Crippen LogP contribution >= 0.6 is 0 Å². The van der Waals surface area contributed by atoms with E-state index in [1.807, 2.05) is 30.3 Å². The Balaban J connectivity index is 1.80. The second-order valence-electron chi connectivity index (χ2n) is 4.21. The number of aromatic nitrogens is 4. The predicted octanol–water partition coefficient (Wildman–Crippen LogP) is 0.629. The van der Waals surface area contributed by atoms with E-state index in [4.69, 9.17) is 5.73 Å². The molecular weight excluding hydrogens is 244 g/mol. The highest BCUT2D eigenvalue weighted by molar-refractivity contribution is 5.88. The number of carbonyl (C=O) groups excluding carboxylic acids is 1. The van der Waals surface area contributed by atoms with Gasteiger partial charge in [-0.1, -0.05) is 35.4 Å². The third kappa shape index (κ3) is 3.85. The van der Waals surface area contributed by atoms with E-state index < -0.39 is 0 Å². The number of amides is 1. The summed E-state index contributed by atoms with van der Waals surface area (Å²) >= 11 is 0. The van der Waals surface area contributed by atoms with Crippen LogP contribution in [0, 0.1) is 0 Å². The molecule has 0 bridgehead atoms. The van der Waals surface area contributed by atoms with Gasteiger partial charge in [0.05, 0.1) is 7.05 Å². The Kier molecular flexibility index (Phi) is 4.19. The predicted molar refractivity (Wildman–Crippen MR) is 70.0 cm³/mol. The summed E-state index contributed by atoms with van der Waals surface area (Å²) in [6, 6.07) is 9.54. The molecule has 0 spiro atoms. The van der Waals surface area contributed by atoms with Crippen molar-refractivity contribution in [2.45, 2.75) is 18.9 Å². The van der Waals surface area contributed by atoms with Gasteiger partial charge in [-0.3, -0.25) is 10.1 Å². The van der Waals surface area contributed by atoms with Crippen molar-refractivity contribution in [1.82, 2.24) is 20.2 Å². The van der Waals surface area contributed by atoms with Crippen LogP contribution in [0.1, 0.15) is 24.4 Å². The molecule has 7 nitrogen and oxygen atoms in total. The standard InChI is InChI=1S/C12H16N6O/c1-18-16-12(15-17-18)14-11(19)8-7-10(13)9-5-3-2-4-6-9/h2-6,10H,7-8,13H2,1H3,(H,14,16,19). The lowest BCUT2D eigenvalue weighted by Crippen LogP contribution is -2.17. The average Bonchev–Trinajstić information content (AvgIpc) is 2.82. The summed E-state index contributed by atoms with van der Waals surface area (Å²) in [4.78, 5) is 13.0. The lowest BCUT2D eigenvalue weighted by atomic mass is 10.0. The molecule has 7 heteroatoms. The third-order valence-corrected chi connectivity index (χ3v) is 2.67. The van der Waals surface area contributed by atoms with E-state index in [-0.39, 0.29) is 17.9 Å². The van der Waals surface area contributed by atoms with Crippen molar-refractivity contribution in [3.8, 4) is 0 Å². The number of nitrogens with zero attached hydrogens (tertiary/aromatic N) is 4. The van der Waals surface area contributed by atoms with Gasteiger partial charge in [-0.2, -0.15) is 4.80 Å². The molecule has 0 saturated heterocycles. The van der Waals surface area contributed by atoms with Crippen molar-refractivity contribution in [2.24, 2.45) is 12.8 Å². The van der Waals surface area contributed by atoms with E-state index in [1.54, 1.807) is 7.05 Å². The van der Waals surface area contributed by atoms with Crippen molar-refractivity contribution in [3.63, 3.8) is 0 Å². The second-order valence-corrected chi connectivity index (χ2v) is 4.21. The van der Waals surface area contributed by atoms with Gasteiger partial charge in [-0.25, -0.2) is 0 Å². The average molecular weight is 260 g/mol. The van der Waals surface area contributed by atoms with Crippen molar-refractivity contribution in [2.75, 3.05) is 5.32 Å². The summed E-state index contributed by atoms with van der Waals surface area (Å²) in [7, 11) is 1.63. The van der Waals surface area contributed by atoms with Crippen molar-refractivity contribution in [3.05, 3.63) is 35.9 Å². The number of aryl methyl sites for hydroxylation is 1. The minimum atomic E-state index is -0.167. The van der Waals surface area contributed by atoms with Gasteiger partial charge in [-0.15, -0.1) is 5.10 Å². The van der Waals surface area contributed by atoms with Gasteiger partial charge in [0.1, 0.15) is 0 Å². The highest BCUT2D eigenvalue weighted by Gasteiger charge is 2.10. The quantitative estimate of drug-likeness (QED) is 0.821. The molecule has 0 aliphatic rings. The Labute approximate surface area is 110 Å². The Bertz CT molecular complexity index is 538. The number of hydrogen-bond acceptors (Lipinski definition) is 5. The summed E-state index contributed by atoms with van der Waals surface area (Å²) in [6.45, 7) is 0. The molecule has 1 heterocycles. The molecule has 0 radical (unpaired) electrons. The molecule has 1 unspecified atom stereocenters. The molecule has 0 aliphatic heterocycles. The SMILES string of the molecule is Cn1nnc(NC(=O)CCC(N)c2ccccc2)n1. The summed E-state index contributed by atoms with van der Waals surface area (Å²) < 4.78 is 0. The van der Waals surface area contributed by atoms with E-state index in [9.17, 15) is 4.79 Å². The van der Waals surface area contributed by atoms with E-state index in [0.717, 1.165) is 5.56 Å². The Morgan fingerprint density at radius 2 is 2.16 bits per heavy atom. The zero-order chi connectivity index (χ0) is 13.7. The fourth-order valence-corrected chi connectivity index (χ4v) is 1.67. The molecule has 3 N–H and O–H groups in total. The largest absolute Gasteiger partial charge is 0.324 e. The van der Waals surface area contributed by atoms with Crippen LogP contribution in [0.15, 0.2) is 30.3 Å².